The van der Waals surface area contributed by atoms with Gasteiger partial charge in [-0.2, -0.15) is 0 Å². The van der Waals surface area contributed by atoms with Crippen LogP contribution in [0, 0.1) is 0 Å². The predicted molar refractivity (Wildman–Crippen MR) is 180 cm³/mol. The van der Waals surface area contributed by atoms with Crippen molar-refractivity contribution in [1.82, 2.24) is 20.0 Å². The first-order chi connectivity index (χ1) is 22.6. The predicted octanol–water partition coefficient (Wildman–Crippen LogP) is 4.22. The fraction of sp³-hybridized carbons (Fsp3) is 0.500. The van der Waals surface area contributed by atoms with Gasteiger partial charge in [-0.3, -0.25) is 14.7 Å². The molecule has 0 aliphatic carbocycles. The van der Waals surface area contributed by atoms with Crippen LogP contribution < -0.4 is 19.5 Å². The zero-order valence-electron chi connectivity index (χ0n) is 28.0. The molecule has 0 amide bonds. The molecule has 4 rings (SSSR count). The largest absolute Gasteiger partial charge is 0.467 e. The molecule has 0 bridgehead atoms. The number of ether oxygens (including phenoxy) is 6. The number of benzene rings is 3. The van der Waals surface area contributed by atoms with Crippen molar-refractivity contribution in [2.75, 3.05) is 94.6 Å². The zero-order valence-corrected chi connectivity index (χ0v) is 28.0. The smallest absolute Gasteiger partial charge is 0.188 e. The molecule has 1 N–H and O–H groups in total. The quantitative estimate of drug-likeness (QED) is 0.205. The van der Waals surface area contributed by atoms with Crippen LogP contribution in [0.5, 0.6) is 17.2 Å². The molecule has 3 aromatic rings. The number of hydrogen-bond acceptors (Lipinski definition) is 10. The van der Waals surface area contributed by atoms with E-state index in [1.165, 1.54) is 11.1 Å². The van der Waals surface area contributed by atoms with Gasteiger partial charge in [0, 0.05) is 96.9 Å². The van der Waals surface area contributed by atoms with E-state index in [-0.39, 0.29) is 20.4 Å². The van der Waals surface area contributed by atoms with E-state index in [1.807, 2.05) is 31.3 Å². The lowest BCUT2D eigenvalue weighted by molar-refractivity contribution is 0.0493. The highest BCUT2D eigenvalue weighted by Gasteiger charge is 2.20. The topological polar surface area (TPSA) is 77.1 Å². The summed E-state index contributed by atoms with van der Waals surface area (Å²) in [6.07, 6.45) is 0.963. The van der Waals surface area contributed by atoms with E-state index < -0.39 is 0 Å². The van der Waals surface area contributed by atoms with E-state index in [0.29, 0.717) is 0 Å². The maximum Gasteiger partial charge on any atom is 0.188 e. The molecule has 1 fully saturated rings. The van der Waals surface area contributed by atoms with Gasteiger partial charge in [-0.1, -0.05) is 48.5 Å². The molecule has 0 radical (unpaired) electrons. The maximum absolute atomic E-state index is 6.03. The highest BCUT2D eigenvalue weighted by atomic mass is 16.7. The lowest BCUT2D eigenvalue weighted by Gasteiger charge is -2.27. The Morgan fingerprint density at radius 2 is 0.957 bits per heavy atom. The second-order valence-corrected chi connectivity index (χ2v) is 11.5. The first-order valence-corrected chi connectivity index (χ1v) is 16.1. The van der Waals surface area contributed by atoms with Crippen molar-refractivity contribution in [1.29, 1.82) is 0 Å². The van der Waals surface area contributed by atoms with Crippen molar-refractivity contribution in [3.63, 3.8) is 0 Å². The molecule has 46 heavy (non-hydrogen) atoms. The number of para-hydroxylation sites is 2. The van der Waals surface area contributed by atoms with Crippen LogP contribution in [0.2, 0.25) is 0 Å². The number of methoxy groups -OCH3 is 3. The summed E-state index contributed by atoms with van der Waals surface area (Å²) in [4.78, 5) is 7.60. The monoisotopic (exact) mass is 636 g/mol. The lowest BCUT2D eigenvalue weighted by Crippen LogP contribution is -2.35. The van der Waals surface area contributed by atoms with Gasteiger partial charge in [-0.15, -0.1) is 0 Å². The maximum atomic E-state index is 6.03. The van der Waals surface area contributed by atoms with Crippen LogP contribution in [0.1, 0.15) is 22.3 Å². The number of likely N-dealkylation sites (N-methyl/N-ethyl adjacent to an activating group) is 1. The number of nitrogens with one attached hydrogen (secondary N) is 1. The Bertz CT molecular complexity index is 1230. The Hall–Kier alpha value is -3.22. The Labute approximate surface area is 275 Å². The molecule has 252 valence electrons. The summed E-state index contributed by atoms with van der Waals surface area (Å²) in [5.74, 6) is 2.60. The van der Waals surface area contributed by atoms with Gasteiger partial charge in [0.1, 0.15) is 17.2 Å². The summed E-state index contributed by atoms with van der Waals surface area (Å²) in [5, 5.41) is 3.26. The molecular weight excluding hydrogens is 584 g/mol. The molecule has 1 saturated heterocycles. The fourth-order valence-electron chi connectivity index (χ4n) is 5.62. The molecular formula is C36H52N4O6. The zero-order chi connectivity index (χ0) is 32.4. The second-order valence-electron chi connectivity index (χ2n) is 11.5. The van der Waals surface area contributed by atoms with E-state index in [4.69, 9.17) is 28.4 Å². The Balaban J connectivity index is 1.57. The minimum Gasteiger partial charge on any atom is -0.467 e. The summed E-state index contributed by atoms with van der Waals surface area (Å²) in [5.41, 5.74) is 4.78. The molecule has 0 aromatic heterocycles. The highest BCUT2D eigenvalue weighted by molar-refractivity contribution is 5.38. The number of rotatable bonds is 18. The SMILES string of the molecule is CNCCc1ccc(OCOC)c(CN2CCN(Cc3ccccc3OCOC)CCN(Cc3ccccc3OCOC)CC2)c1. The van der Waals surface area contributed by atoms with E-state index >= 15 is 0 Å². The van der Waals surface area contributed by atoms with Crippen LogP contribution in [0.15, 0.2) is 66.7 Å². The molecule has 3 aromatic carbocycles. The third-order valence-corrected chi connectivity index (χ3v) is 8.11. The van der Waals surface area contributed by atoms with Gasteiger partial charge < -0.3 is 33.7 Å². The Kier molecular flexibility index (Phi) is 15.6. The van der Waals surface area contributed by atoms with Gasteiger partial charge in [0.05, 0.1) is 0 Å². The van der Waals surface area contributed by atoms with Crippen LogP contribution in [0.25, 0.3) is 0 Å². The minimum absolute atomic E-state index is 0.222. The third kappa shape index (κ3) is 11.5. The van der Waals surface area contributed by atoms with Gasteiger partial charge in [0.25, 0.3) is 0 Å². The molecule has 1 aliphatic rings. The average Bonchev–Trinajstić information content (AvgIpc) is 3.17. The first-order valence-electron chi connectivity index (χ1n) is 16.1. The summed E-state index contributed by atoms with van der Waals surface area (Å²) < 4.78 is 33.5. The molecule has 1 heterocycles. The summed E-state index contributed by atoms with van der Waals surface area (Å²) in [6, 6.07) is 23.0. The van der Waals surface area contributed by atoms with Crippen molar-refractivity contribution in [3.8, 4) is 17.2 Å². The van der Waals surface area contributed by atoms with E-state index in [0.717, 1.165) is 100 Å². The van der Waals surface area contributed by atoms with Crippen molar-refractivity contribution in [2.45, 2.75) is 26.1 Å². The van der Waals surface area contributed by atoms with Gasteiger partial charge >= 0.3 is 0 Å². The molecule has 10 heteroatoms. The summed E-state index contributed by atoms with van der Waals surface area (Å²) in [6.45, 7) is 9.51. The van der Waals surface area contributed by atoms with Gasteiger partial charge in [0.2, 0.25) is 0 Å². The standard InChI is InChI=1S/C36H52N4O6/c1-37-16-15-30-13-14-36(46-29-43-4)33(23-30)26-40-21-19-38(24-31-9-5-7-11-34(31)44-27-41-2)17-18-39(20-22-40)25-32-10-6-8-12-35(32)45-28-42-3/h5-14,23,37H,15-22,24-29H2,1-4H3. The van der Waals surface area contributed by atoms with Crippen LogP contribution in [0.3, 0.4) is 0 Å². The van der Waals surface area contributed by atoms with E-state index in [1.54, 1.807) is 21.3 Å². The van der Waals surface area contributed by atoms with Crippen molar-refractivity contribution in [2.24, 2.45) is 0 Å². The normalized spacial score (nSPS) is 15.2. The Morgan fingerprint density at radius 1 is 0.543 bits per heavy atom. The molecule has 0 saturated carbocycles. The molecule has 10 nitrogen and oxygen atoms in total. The summed E-state index contributed by atoms with van der Waals surface area (Å²) in [7, 11) is 6.94. The average molecular weight is 637 g/mol. The first kappa shape index (κ1) is 35.6. The van der Waals surface area contributed by atoms with Crippen molar-refractivity contribution < 1.29 is 28.4 Å². The summed E-state index contributed by atoms with van der Waals surface area (Å²) >= 11 is 0. The molecule has 0 spiro atoms. The fourth-order valence-corrected chi connectivity index (χ4v) is 5.62. The number of hydrogen-bond donors (Lipinski definition) is 1. The van der Waals surface area contributed by atoms with Crippen molar-refractivity contribution >= 4 is 0 Å². The lowest BCUT2D eigenvalue weighted by atomic mass is 10.1. The Morgan fingerprint density at radius 3 is 1.39 bits per heavy atom. The highest BCUT2D eigenvalue weighted by Crippen LogP contribution is 2.25. The van der Waals surface area contributed by atoms with E-state index in [9.17, 15) is 0 Å². The van der Waals surface area contributed by atoms with Crippen LogP contribution in [0.4, 0.5) is 0 Å². The minimum atomic E-state index is 0.222. The second kappa shape index (κ2) is 20.1. The van der Waals surface area contributed by atoms with E-state index in [2.05, 4.69) is 62.5 Å². The molecule has 1 aliphatic heterocycles. The van der Waals surface area contributed by atoms with Crippen LogP contribution >= 0.6 is 0 Å². The third-order valence-electron chi connectivity index (χ3n) is 8.11. The molecule has 0 atom stereocenters. The van der Waals surface area contributed by atoms with Gasteiger partial charge in [0.15, 0.2) is 20.4 Å². The van der Waals surface area contributed by atoms with Crippen molar-refractivity contribution in [3.05, 3.63) is 89.0 Å². The molecule has 0 unspecified atom stereocenters. The van der Waals surface area contributed by atoms with Crippen LogP contribution in [-0.2, 0) is 40.3 Å². The van der Waals surface area contributed by atoms with Crippen LogP contribution in [-0.4, -0.2) is 109 Å². The number of nitrogens with zero attached hydrogens (tertiary/aromatic N) is 3. The van der Waals surface area contributed by atoms with Gasteiger partial charge in [-0.25, -0.2) is 0 Å². The van der Waals surface area contributed by atoms with Gasteiger partial charge in [-0.05, 0) is 43.8 Å².